The van der Waals surface area contributed by atoms with E-state index in [1.807, 2.05) is 43.0 Å². The summed E-state index contributed by atoms with van der Waals surface area (Å²) in [5, 5.41) is 13.0. The lowest BCUT2D eigenvalue weighted by Crippen LogP contribution is -2.35. The van der Waals surface area contributed by atoms with Gasteiger partial charge in [0, 0.05) is 29.5 Å². The second-order valence-electron chi connectivity index (χ2n) is 6.93. The Hall–Kier alpha value is -3.11. The Bertz CT molecular complexity index is 1000. The highest BCUT2D eigenvalue weighted by Gasteiger charge is 2.27. The molecule has 0 spiro atoms. The van der Waals surface area contributed by atoms with E-state index >= 15 is 0 Å². The highest BCUT2D eigenvalue weighted by atomic mass is 32.1. The van der Waals surface area contributed by atoms with E-state index in [9.17, 15) is 14.9 Å². The predicted octanol–water partition coefficient (Wildman–Crippen LogP) is 4.36. The van der Waals surface area contributed by atoms with E-state index < -0.39 is 0 Å². The van der Waals surface area contributed by atoms with Gasteiger partial charge in [-0.2, -0.15) is 5.26 Å². The summed E-state index contributed by atoms with van der Waals surface area (Å²) >= 11 is 1.38. The number of thiophene rings is 1. The second-order valence-corrected chi connectivity index (χ2v) is 8.03. The van der Waals surface area contributed by atoms with Crippen molar-refractivity contribution in [2.45, 2.75) is 39.7 Å². The summed E-state index contributed by atoms with van der Waals surface area (Å²) in [7, 11) is 0. The third kappa shape index (κ3) is 4.89. The number of amides is 2. The number of nitriles is 1. The molecule has 1 aliphatic rings. The molecule has 2 aromatic rings. The number of para-hydroxylation sites is 1. The minimum Gasteiger partial charge on any atom is -0.493 e. The van der Waals surface area contributed by atoms with Gasteiger partial charge in [0.15, 0.2) is 0 Å². The normalized spacial score (nSPS) is 13.0. The average molecular weight is 424 g/mol. The molecule has 0 saturated carbocycles. The number of nitrogens with zero attached hydrogens (tertiary/aromatic N) is 2. The van der Waals surface area contributed by atoms with Crippen LogP contribution in [0.15, 0.2) is 30.3 Å². The smallest absolute Gasteiger partial charge is 0.249 e. The van der Waals surface area contributed by atoms with Crippen LogP contribution in [0.4, 0.5) is 5.00 Å². The summed E-state index contributed by atoms with van der Waals surface area (Å²) in [5.41, 5.74) is 2.27. The first-order chi connectivity index (χ1) is 14.6. The zero-order chi connectivity index (χ0) is 21.5. The zero-order valence-corrected chi connectivity index (χ0v) is 18.1. The second kappa shape index (κ2) is 10.1. The Balaban J connectivity index is 1.74. The van der Waals surface area contributed by atoms with Crippen LogP contribution in [0.3, 0.4) is 0 Å². The van der Waals surface area contributed by atoms with Crippen molar-refractivity contribution in [1.29, 1.82) is 5.26 Å². The van der Waals surface area contributed by atoms with Gasteiger partial charge in [0.05, 0.1) is 18.7 Å². The number of ether oxygens (including phenoxy) is 1. The van der Waals surface area contributed by atoms with Gasteiger partial charge >= 0.3 is 0 Å². The van der Waals surface area contributed by atoms with Crippen molar-refractivity contribution in [1.82, 2.24) is 4.90 Å². The van der Waals surface area contributed by atoms with Crippen LogP contribution in [0.5, 0.6) is 5.75 Å². The number of fused-ring (bicyclic) bond motifs is 1. The van der Waals surface area contributed by atoms with Crippen LogP contribution in [0.25, 0.3) is 6.08 Å². The first-order valence-electron chi connectivity index (χ1n) is 10.1. The summed E-state index contributed by atoms with van der Waals surface area (Å²) in [6.45, 7) is 5.55. The first kappa shape index (κ1) is 21.6. The van der Waals surface area contributed by atoms with E-state index in [2.05, 4.69) is 11.4 Å². The quantitative estimate of drug-likeness (QED) is 0.671. The topological polar surface area (TPSA) is 82.4 Å². The molecule has 3 rings (SSSR count). The van der Waals surface area contributed by atoms with E-state index in [0.717, 1.165) is 22.4 Å². The molecule has 2 amide bonds. The van der Waals surface area contributed by atoms with Gasteiger partial charge in [-0.15, -0.1) is 11.3 Å². The molecule has 0 atom stereocenters. The molecule has 0 fully saturated rings. The molecule has 0 radical (unpaired) electrons. The highest BCUT2D eigenvalue weighted by Crippen LogP contribution is 2.36. The third-order valence-electron chi connectivity index (χ3n) is 4.86. The van der Waals surface area contributed by atoms with Crippen LogP contribution in [0.2, 0.25) is 0 Å². The molecule has 7 heteroatoms. The average Bonchev–Trinajstić information content (AvgIpc) is 3.09. The van der Waals surface area contributed by atoms with Gasteiger partial charge in [-0.1, -0.05) is 25.1 Å². The van der Waals surface area contributed by atoms with Gasteiger partial charge in [-0.25, -0.2) is 0 Å². The van der Waals surface area contributed by atoms with Crippen LogP contribution < -0.4 is 10.1 Å². The third-order valence-corrected chi connectivity index (χ3v) is 5.99. The molecule has 1 aromatic heterocycles. The van der Waals surface area contributed by atoms with E-state index in [1.165, 1.54) is 17.4 Å². The Morgan fingerprint density at radius 3 is 2.87 bits per heavy atom. The van der Waals surface area contributed by atoms with Gasteiger partial charge in [0.2, 0.25) is 11.8 Å². The molecule has 1 aliphatic heterocycles. The number of benzene rings is 1. The van der Waals surface area contributed by atoms with Crippen LogP contribution in [0.1, 0.15) is 48.3 Å². The van der Waals surface area contributed by atoms with E-state index in [4.69, 9.17) is 4.74 Å². The fraction of sp³-hybridized carbons (Fsp3) is 0.348. The maximum atomic E-state index is 12.5. The predicted molar refractivity (Wildman–Crippen MR) is 118 cm³/mol. The maximum absolute atomic E-state index is 12.5. The Morgan fingerprint density at radius 2 is 2.13 bits per heavy atom. The molecular weight excluding hydrogens is 398 g/mol. The first-order valence-corrected chi connectivity index (χ1v) is 10.9. The number of anilines is 1. The molecule has 30 heavy (non-hydrogen) atoms. The zero-order valence-electron chi connectivity index (χ0n) is 17.2. The molecule has 0 aliphatic carbocycles. The van der Waals surface area contributed by atoms with Crippen LogP contribution in [0, 0.1) is 11.3 Å². The summed E-state index contributed by atoms with van der Waals surface area (Å²) in [5.74, 6) is 0.539. The van der Waals surface area contributed by atoms with Crippen LogP contribution >= 0.6 is 11.3 Å². The fourth-order valence-corrected chi connectivity index (χ4v) is 4.64. The maximum Gasteiger partial charge on any atom is 0.249 e. The molecule has 2 heterocycles. The van der Waals surface area contributed by atoms with Crippen molar-refractivity contribution in [3.8, 4) is 11.8 Å². The molecule has 1 aromatic carbocycles. The number of hydrogen-bond donors (Lipinski definition) is 1. The van der Waals surface area contributed by atoms with Gasteiger partial charge < -0.3 is 15.0 Å². The monoisotopic (exact) mass is 423 g/mol. The Labute approximate surface area is 180 Å². The van der Waals surface area contributed by atoms with Gasteiger partial charge in [0.25, 0.3) is 0 Å². The largest absolute Gasteiger partial charge is 0.493 e. The fourth-order valence-electron chi connectivity index (χ4n) is 3.42. The van der Waals surface area contributed by atoms with Gasteiger partial charge in [-0.05, 0) is 37.5 Å². The minimum atomic E-state index is -0.310. The minimum absolute atomic E-state index is 0.136. The van der Waals surface area contributed by atoms with Crippen molar-refractivity contribution in [3.05, 3.63) is 51.9 Å². The number of carbonyl (C=O) groups excluding carboxylic acids is 2. The van der Waals surface area contributed by atoms with Crippen LogP contribution in [-0.2, 0) is 22.6 Å². The van der Waals surface area contributed by atoms with Crippen molar-refractivity contribution in [3.63, 3.8) is 0 Å². The van der Waals surface area contributed by atoms with Crippen molar-refractivity contribution in [2.24, 2.45) is 0 Å². The van der Waals surface area contributed by atoms with E-state index in [1.54, 1.807) is 6.08 Å². The van der Waals surface area contributed by atoms with Crippen molar-refractivity contribution in [2.75, 3.05) is 18.5 Å². The summed E-state index contributed by atoms with van der Waals surface area (Å²) < 4.78 is 5.57. The van der Waals surface area contributed by atoms with E-state index in [-0.39, 0.29) is 11.8 Å². The number of rotatable bonds is 7. The Kier molecular flexibility index (Phi) is 7.26. The SMILES string of the molecule is CCCC(=O)N1CCc2c(sc(NC(=O)C=Cc3ccccc3OCC)c2C#N)C1. The summed E-state index contributed by atoms with van der Waals surface area (Å²) in [4.78, 5) is 27.5. The van der Waals surface area contributed by atoms with Gasteiger partial charge in [-0.3, -0.25) is 9.59 Å². The molecule has 0 saturated heterocycles. The molecule has 0 unspecified atom stereocenters. The summed E-state index contributed by atoms with van der Waals surface area (Å²) in [6, 6.07) is 9.72. The van der Waals surface area contributed by atoms with Crippen LogP contribution in [-0.4, -0.2) is 29.9 Å². The number of hydrogen-bond acceptors (Lipinski definition) is 5. The van der Waals surface area contributed by atoms with Crippen molar-refractivity contribution < 1.29 is 14.3 Å². The van der Waals surface area contributed by atoms with E-state index in [0.29, 0.717) is 48.9 Å². The molecular formula is C23H25N3O3S. The molecule has 6 nitrogen and oxygen atoms in total. The lowest BCUT2D eigenvalue weighted by Gasteiger charge is -2.26. The molecule has 0 bridgehead atoms. The molecule has 1 N–H and O–H groups in total. The van der Waals surface area contributed by atoms with Gasteiger partial charge in [0.1, 0.15) is 16.8 Å². The number of carbonyl (C=O) groups is 2. The highest BCUT2D eigenvalue weighted by molar-refractivity contribution is 7.16. The van der Waals surface area contributed by atoms with Crippen molar-refractivity contribution >= 4 is 34.2 Å². The lowest BCUT2D eigenvalue weighted by molar-refractivity contribution is -0.132. The standard InChI is InChI=1S/C23H25N3O3S/c1-3-7-22(28)26-13-12-17-18(14-24)23(30-20(17)15-26)25-21(27)11-10-16-8-5-6-9-19(16)29-4-2/h5-6,8-11H,3-4,7,12-13,15H2,1-2H3,(H,25,27). The molecule has 156 valence electrons. The number of nitrogens with one attached hydrogen (secondary N) is 1. The lowest BCUT2D eigenvalue weighted by atomic mass is 10.0. The Morgan fingerprint density at radius 1 is 1.33 bits per heavy atom. The summed E-state index contributed by atoms with van der Waals surface area (Å²) in [6.07, 6.45) is 5.12.